The fourth-order valence-corrected chi connectivity index (χ4v) is 3.14. The van der Waals surface area contributed by atoms with E-state index in [1.165, 1.54) is 5.56 Å². The van der Waals surface area contributed by atoms with Gasteiger partial charge >= 0.3 is 0 Å². The molecule has 2 heterocycles. The Kier molecular flexibility index (Phi) is 3.11. The Bertz CT molecular complexity index is 829. The third kappa shape index (κ3) is 2.25. The highest BCUT2D eigenvalue weighted by Crippen LogP contribution is 2.32. The number of anilines is 1. The molecule has 1 amide bonds. The summed E-state index contributed by atoms with van der Waals surface area (Å²) in [5, 5.41) is 2.21. The lowest BCUT2D eigenvalue weighted by Gasteiger charge is -2.17. The van der Waals surface area contributed by atoms with Crippen LogP contribution < -0.4 is 4.90 Å². The zero-order valence-corrected chi connectivity index (χ0v) is 12.1. The van der Waals surface area contributed by atoms with Gasteiger partial charge < -0.3 is 4.90 Å². The summed E-state index contributed by atoms with van der Waals surface area (Å²) in [4.78, 5) is 18.4. The van der Waals surface area contributed by atoms with Crippen molar-refractivity contribution in [3.63, 3.8) is 0 Å². The number of hydrogen-bond acceptors (Lipinski definition) is 2. The SMILES string of the molecule is O=C1CC(c2ccccc2)CN1c1ccc2cnccc2c1. The topological polar surface area (TPSA) is 33.2 Å². The molecular weight excluding hydrogens is 272 g/mol. The molecule has 3 heteroatoms. The fourth-order valence-electron chi connectivity index (χ4n) is 3.14. The Hall–Kier alpha value is -2.68. The van der Waals surface area contributed by atoms with Gasteiger partial charge in [-0.25, -0.2) is 0 Å². The number of pyridine rings is 1. The summed E-state index contributed by atoms with van der Waals surface area (Å²) < 4.78 is 0. The second-order valence-corrected chi connectivity index (χ2v) is 5.72. The Labute approximate surface area is 129 Å². The number of nitrogens with zero attached hydrogens (tertiary/aromatic N) is 2. The standard InChI is InChI=1S/C19H16N2O/c22-19-11-17(14-4-2-1-3-5-14)13-21(19)18-7-6-16-12-20-9-8-15(16)10-18/h1-10,12,17H,11,13H2. The largest absolute Gasteiger partial charge is 0.312 e. The molecule has 108 valence electrons. The molecule has 3 nitrogen and oxygen atoms in total. The van der Waals surface area contributed by atoms with Gasteiger partial charge in [-0.1, -0.05) is 36.4 Å². The van der Waals surface area contributed by atoms with Crippen LogP contribution in [0.3, 0.4) is 0 Å². The van der Waals surface area contributed by atoms with Crippen LogP contribution in [0.25, 0.3) is 10.8 Å². The predicted octanol–water partition coefficient (Wildman–Crippen LogP) is 3.76. The lowest BCUT2D eigenvalue weighted by atomic mass is 9.98. The first-order valence-electron chi connectivity index (χ1n) is 7.50. The summed E-state index contributed by atoms with van der Waals surface area (Å²) in [6, 6.07) is 18.4. The van der Waals surface area contributed by atoms with Gasteiger partial charge in [0.25, 0.3) is 0 Å². The minimum atomic E-state index is 0.197. The maximum atomic E-state index is 12.4. The second kappa shape index (κ2) is 5.26. The van der Waals surface area contributed by atoms with Crippen molar-refractivity contribution >= 4 is 22.4 Å². The predicted molar refractivity (Wildman–Crippen MR) is 87.9 cm³/mol. The van der Waals surface area contributed by atoms with Crippen LogP contribution in [0.1, 0.15) is 17.9 Å². The highest BCUT2D eigenvalue weighted by Gasteiger charge is 2.31. The zero-order valence-electron chi connectivity index (χ0n) is 12.1. The zero-order chi connectivity index (χ0) is 14.9. The van der Waals surface area contributed by atoms with Crippen molar-refractivity contribution in [3.8, 4) is 0 Å². The van der Waals surface area contributed by atoms with E-state index in [1.807, 2.05) is 47.5 Å². The molecule has 0 bridgehead atoms. The first-order chi connectivity index (χ1) is 10.8. The van der Waals surface area contributed by atoms with Crippen LogP contribution in [-0.4, -0.2) is 17.4 Å². The average molecular weight is 288 g/mol. The van der Waals surface area contributed by atoms with Crippen molar-refractivity contribution in [1.29, 1.82) is 0 Å². The molecule has 1 aliphatic heterocycles. The number of carbonyl (C=O) groups excluding carboxylic acids is 1. The molecule has 1 aromatic heterocycles. The number of amides is 1. The quantitative estimate of drug-likeness (QED) is 0.719. The fraction of sp³-hybridized carbons (Fsp3) is 0.158. The van der Waals surface area contributed by atoms with E-state index in [4.69, 9.17) is 0 Å². The minimum Gasteiger partial charge on any atom is -0.312 e. The first kappa shape index (κ1) is 13.0. The van der Waals surface area contributed by atoms with Crippen molar-refractivity contribution in [2.75, 3.05) is 11.4 Å². The number of fused-ring (bicyclic) bond motifs is 1. The van der Waals surface area contributed by atoms with E-state index in [1.54, 1.807) is 6.20 Å². The van der Waals surface area contributed by atoms with Crippen LogP contribution in [0.15, 0.2) is 67.0 Å². The monoisotopic (exact) mass is 288 g/mol. The van der Waals surface area contributed by atoms with Crippen molar-refractivity contribution < 1.29 is 4.79 Å². The van der Waals surface area contributed by atoms with E-state index in [2.05, 4.69) is 23.2 Å². The molecule has 2 aromatic carbocycles. The molecule has 0 saturated carbocycles. The van der Waals surface area contributed by atoms with Gasteiger partial charge in [0, 0.05) is 42.4 Å². The molecule has 1 saturated heterocycles. The molecule has 1 atom stereocenters. The lowest BCUT2D eigenvalue weighted by Crippen LogP contribution is -2.24. The summed E-state index contributed by atoms with van der Waals surface area (Å²) in [7, 11) is 0. The van der Waals surface area contributed by atoms with Crippen LogP contribution in [0.5, 0.6) is 0 Å². The van der Waals surface area contributed by atoms with E-state index < -0.39 is 0 Å². The molecular formula is C19H16N2O. The van der Waals surface area contributed by atoms with Gasteiger partial charge in [0.15, 0.2) is 0 Å². The first-order valence-corrected chi connectivity index (χ1v) is 7.50. The number of rotatable bonds is 2. The number of benzene rings is 2. The van der Waals surface area contributed by atoms with Crippen LogP contribution in [0.4, 0.5) is 5.69 Å². The Morgan fingerprint density at radius 2 is 1.86 bits per heavy atom. The highest BCUT2D eigenvalue weighted by atomic mass is 16.2. The van der Waals surface area contributed by atoms with Crippen molar-refractivity contribution in [2.24, 2.45) is 0 Å². The van der Waals surface area contributed by atoms with Crippen molar-refractivity contribution in [3.05, 3.63) is 72.6 Å². The molecule has 3 aromatic rings. The third-order valence-corrected chi connectivity index (χ3v) is 4.33. The minimum absolute atomic E-state index is 0.197. The highest BCUT2D eigenvalue weighted by molar-refractivity contribution is 5.98. The van der Waals surface area contributed by atoms with Crippen LogP contribution >= 0.6 is 0 Å². The Morgan fingerprint density at radius 1 is 1.00 bits per heavy atom. The Balaban J connectivity index is 1.65. The number of carbonyl (C=O) groups is 1. The van der Waals surface area contributed by atoms with Gasteiger partial charge in [-0.3, -0.25) is 9.78 Å². The van der Waals surface area contributed by atoms with Crippen LogP contribution in [0.2, 0.25) is 0 Å². The van der Waals surface area contributed by atoms with E-state index in [9.17, 15) is 4.79 Å². The van der Waals surface area contributed by atoms with Gasteiger partial charge in [-0.2, -0.15) is 0 Å². The maximum Gasteiger partial charge on any atom is 0.227 e. The van der Waals surface area contributed by atoms with Crippen LogP contribution in [-0.2, 0) is 4.79 Å². The van der Waals surface area contributed by atoms with Crippen LogP contribution in [0, 0.1) is 0 Å². The molecule has 0 N–H and O–H groups in total. The number of aromatic nitrogens is 1. The van der Waals surface area contributed by atoms with Crippen molar-refractivity contribution in [2.45, 2.75) is 12.3 Å². The summed E-state index contributed by atoms with van der Waals surface area (Å²) in [5.74, 6) is 0.476. The van der Waals surface area contributed by atoms with Gasteiger partial charge in [0.2, 0.25) is 5.91 Å². The normalized spacial score (nSPS) is 18.1. The van der Waals surface area contributed by atoms with E-state index in [-0.39, 0.29) is 11.8 Å². The number of hydrogen-bond donors (Lipinski definition) is 0. The molecule has 4 rings (SSSR count). The molecule has 22 heavy (non-hydrogen) atoms. The van der Waals surface area contributed by atoms with E-state index in [0.717, 1.165) is 23.0 Å². The van der Waals surface area contributed by atoms with Gasteiger partial charge in [0.05, 0.1) is 0 Å². The van der Waals surface area contributed by atoms with E-state index >= 15 is 0 Å². The molecule has 1 unspecified atom stereocenters. The maximum absolute atomic E-state index is 12.4. The smallest absolute Gasteiger partial charge is 0.227 e. The van der Waals surface area contributed by atoms with Gasteiger partial charge in [0.1, 0.15) is 0 Å². The van der Waals surface area contributed by atoms with E-state index in [0.29, 0.717) is 6.42 Å². The summed E-state index contributed by atoms with van der Waals surface area (Å²) in [6.45, 7) is 0.749. The molecule has 0 spiro atoms. The molecule has 0 radical (unpaired) electrons. The summed E-state index contributed by atoms with van der Waals surface area (Å²) >= 11 is 0. The third-order valence-electron chi connectivity index (χ3n) is 4.33. The molecule has 0 aliphatic carbocycles. The summed E-state index contributed by atoms with van der Waals surface area (Å²) in [6.07, 6.45) is 4.21. The average Bonchev–Trinajstić information content (AvgIpc) is 2.97. The van der Waals surface area contributed by atoms with Crippen molar-refractivity contribution in [1.82, 2.24) is 4.98 Å². The van der Waals surface area contributed by atoms with Gasteiger partial charge in [-0.15, -0.1) is 0 Å². The molecule has 1 aliphatic rings. The summed E-state index contributed by atoms with van der Waals surface area (Å²) in [5.41, 5.74) is 2.21. The van der Waals surface area contributed by atoms with Gasteiger partial charge in [-0.05, 0) is 29.1 Å². The Morgan fingerprint density at radius 3 is 2.73 bits per heavy atom. The molecule has 1 fully saturated rings. The second-order valence-electron chi connectivity index (χ2n) is 5.72. The lowest BCUT2D eigenvalue weighted by molar-refractivity contribution is -0.117.